The summed E-state index contributed by atoms with van der Waals surface area (Å²) in [5, 5.41) is 6.24. The number of hydrogen-bond donors (Lipinski definition) is 2. The summed E-state index contributed by atoms with van der Waals surface area (Å²) in [5.74, 6) is -0.245. The van der Waals surface area contributed by atoms with E-state index in [1.54, 1.807) is 25.1 Å². The van der Waals surface area contributed by atoms with Crippen molar-refractivity contribution < 1.29 is 9.59 Å². The molecule has 0 saturated carbocycles. The third-order valence-electron chi connectivity index (χ3n) is 3.65. The van der Waals surface area contributed by atoms with Crippen molar-refractivity contribution in [2.24, 2.45) is 0 Å². The molecule has 6 heteroatoms. The largest absolute Gasteiger partial charge is 0.327 e. The highest BCUT2D eigenvalue weighted by atomic mass is 16.1. The Labute approximate surface area is 138 Å². The fraction of sp³-hybridized carbons (Fsp3) is 0.111. The number of carbonyl (C=O) groups excluding carboxylic acids is 2. The number of aromatic nitrogens is 2. The maximum absolute atomic E-state index is 12.5. The molecule has 0 fully saturated rings. The molecule has 0 bridgehead atoms. The fourth-order valence-electron chi connectivity index (χ4n) is 2.37. The fourth-order valence-corrected chi connectivity index (χ4v) is 2.37. The number of nitrogens with one attached hydrogen (secondary N) is 2. The number of hydrogen-bond acceptors (Lipinski definition) is 4. The molecule has 0 aliphatic rings. The molecule has 2 heterocycles. The number of rotatable bonds is 4. The van der Waals surface area contributed by atoms with Crippen LogP contribution in [-0.2, 0) is 4.79 Å². The van der Waals surface area contributed by atoms with Crippen LogP contribution in [0.5, 0.6) is 0 Å². The highest BCUT2D eigenvalue weighted by molar-refractivity contribution is 6.06. The van der Waals surface area contributed by atoms with Gasteiger partial charge in [0.1, 0.15) is 0 Å². The molecule has 0 radical (unpaired) electrons. The van der Waals surface area contributed by atoms with Gasteiger partial charge in [0, 0.05) is 16.6 Å². The van der Waals surface area contributed by atoms with Gasteiger partial charge in [-0.25, -0.2) is 0 Å². The van der Waals surface area contributed by atoms with Crippen LogP contribution in [0.1, 0.15) is 21.7 Å². The van der Waals surface area contributed by atoms with Crippen molar-refractivity contribution in [3.05, 3.63) is 59.5 Å². The first-order chi connectivity index (χ1) is 11.6. The third kappa shape index (κ3) is 3.22. The molecule has 6 nitrogen and oxygen atoms in total. The zero-order valence-electron chi connectivity index (χ0n) is 13.3. The van der Waals surface area contributed by atoms with E-state index in [0.29, 0.717) is 29.0 Å². The first kappa shape index (κ1) is 15.6. The summed E-state index contributed by atoms with van der Waals surface area (Å²) >= 11 is 0. The van der Waals surface area contributed by atoms with Gasteiger partial charge in [-0.15, -0.1) is 0 Å². The molecule has 0 saturated heterocycles. The summed E-state index contributed by atoms with van der Waals surface area (Å²) in [6.45, 7) is 3.71. The minimum atomic E-state index is -0.245. The molecular weight excluding hydrogens is 304 g/mol. The average Bonchev–Trinajstić information content (AvgIpc) is 2.57. The Balaban J connectivity index is 1.88. The maximum Gasteiger partial charge on any atom is 0.255 e. The van der Waals surface area contributed by atoms with Gasteiger partial charge >= 0.3 is 0 Å². The van der Waals surface area contributed by atoms with E-state index < -0.39 is 0 Å². The Kier molecular flexibility index (Phi) is 4.20. The van der Waals surface area contributed by atoms with Crippen LogP contribution in [0.15, 0.2) is 42.6 Å². The van der Waals surface area contributed by atoms with Gasteiger partial charge in [0.2, 0.25) is 6.41 Å². The van der Waals surface area contributed by atoms with Crippen molar-refractivity contribution >= 4 is 34.6 Å². The van der Waals surface area contributed by atoms with Crippen LogP contribution in [-0.4, -0.2) is 22.3 Å². The Morgan fingerprint density at radius 2 is 1.96 bits per heavy atom. The zero-order chi connectivity index (χ0) is 17.1. The van der Waals surface area contributed by atoms with E-state index in [-0.39, 0.29) is 5.91 Å². The molecule has 24 heavy (non-hydrogen) atoms. The Morgan fingerprint density at radius 1 is 1.12 bits per heavy atom. The lowest BCUT2D eigenvalue weighted by molar-refractivity contribution is -0.105. The standard InChI is InChI=1S/C18H16N4O2/c1-11-3-4-13-7-14(5-6-16(13)21-11)18(24)22-17-8-15(20-10-23)9-19-12(17)2/h3-10H,1-2H3,(H,20,23)(H,22,24). The van der Waals surface area contributed by atoms with Crippen molar-refractivity contribution in [2.75, 3.05) is 10.6 Å². The third-order valence-corrected chi connectivity index (χ3v) is 3.65. The number of amides is 2. The van der Waals surface area contributed by atoms with Gasteiger partial charge in [-0.3, -0.25) is 19.6 Å². The van der Waals surface area contributed by atoms with Crippen LogP contribution >= 0.6 is 0 Å². The first-order valence-electron chi connectivity index (χ1n) is 7.42. The summed E-state index contributed by atoms with van der Waals surface area (Å²) in [6, 6.07) is 10.9. The van der Waals surface area contributed by atoms with Crippen LogP contribution in [0.4, 0.5) is 11.4 Å². The Bertz CT molecular complexity index is 937. The van der Waals surface area contributed by atoms with Gasteiger partial charge in [-0.2, -0.15) is 0 Å². The van der Waals surface area contributed by atoms with Gasteiger partial charge < -0.3 is 10.6 Å². The van der Waals surface area contributed by atoms with E-state index in [2.05, 4.69) is 20.6 Å². The summed E-state index contributed by atoms with van der Waals surface area (Å²) in [7, 11) is 0. The molecule has 1 aromatic carbocycles. The number of fused-ring (bicyclic) bond motifs is 1. The van der Waals surface area contributed by atoms with E-state index in [4.69, 9.17) is 0 Å². The molecule has 0 unspecified atom stereocenters. The summed E-state index contributed by atoms with van der Waals surface area (Å²) in [6.07, 6.45) is 2.10. The molecule has 2 amide bonds. The second-order valence-corrected chi connectivity index (χ2v) is 5.43. The topological polar surface area (TPSA) is 84.0 Å². The molecule has 0 aliphatic carbocycles. The van der Waals surface area contributed by atoms with E-state index >= 15 is 0 Å². The molecule has 3 rings (SSSR count). The minimum Gasteiger partial charge on any atom is -0.327 e. The summed E-state index contributed by atoms with van der Waals surface area (Å²) in [4.78, 5) is 31.6. The minimum absolute atomic E-state index is 0.245. The lowest BCUT2D eigenvalue weighted by Gasteiger charge is -2.10. The quantitative estimate of drug-likeness (QED) is 0.724. The molecule has 120 valence electrons. The zero-order valence-corrected chi connectivity index (χ0v) is 13.3. The van der Waals surface area contributed by atoms with Crippen LogP contribution in [0.2, 0.25) is 0 Å². The van der Waals surface area contributed by atoms with Gasteiger partial charge in [-0.1, -0.05) is 6.07 Å². The SMILES string of the molecule is Cc1ccc2cc(C(=O)Nc3cc(NC=O)cnc3C)ccc2n1. The molecular formula is C18H16N4O2. The van der Waals surface area contributed by atoms with Crippen LogP contribution in [0.25, 0.3) is 10.9 Å². The number of benzene rings is 1. The lowest BCUT2D eigenvalue weighted by atomic mass is 10.1. The number of aryl methyl sites for hydroxylation is 2. The van der Waals surface area contributed by atoms with Crippen molar-refractivity contribution in [3.63, 3.8) is 0 Å². The van der Waals surface area contributed by atoms with Crippen molar-refractivity contribution in [1.29, 1.82) is 0 Å². The molecule has 0 aliphatic heterocycles. The molecule has 0 spiro atoms. The van der Waals surface area contributed by atoms with E-state index in [9.17, 15) is 9.59 Å². The van der Waals surface area contributed by atoms with E-state index in [1.165, 1.54) is 6.20 Å². The summed E-state index contributed by atoms with van der Waals surface area (Å²) in [5.41, 5.74) is 4.04. The van der Waals surface area contributed by atoms with Crippen LogP contribution < -0.4 is 10.6 Å². The van der Waals surface area contributed by atoms with Gasteiger partial charge in [0.25, 0.3) is 5.91 Å². The highest BCUT2D eigenvalue weighted by Gasteiger charge is 2.10. The highest BCUT2D eigenvalue weighted by Crippen LogP contribution is 2.20. The molecule has 3 aromatic rings. The van der Waals surface area contributed by atoms with E-state index in [1.807, 2.05) is 25.1 Å². The Morgan fingerprint density at radius 3 is 2.75 bits per heavy atom. The average molecular weight is 320 g/mol. The number of carbonyl (C=O) groups is 2. The summed E-state index contributed by atoms with van der Waals surface area (Å²) < 4.78 is 0. The number of anilines is 2. The Hall–Kier alpha value is -3.28. The van der Waals surface area contributed by atoms with Crippen molar-refractivity contribution in [2.45, 2.75) is 13.8 Å². The second kappa shape index (κ2) is 6.45. The van der Waals surface area contributed by atoms with E-state index in [0.717, 1.165) is 16.6 Å². The lowest BCUT2D eigenvalue weighted by Crippen LogP contribution is -2.13. The van der Waals surface area contributed by atoms with Crippen molar-refractivity contribution in [3.8, 4) is 0 Å². The van der Waals surface area contributed by atoms with Gasteiger partial charge in [0.15, 0.2) is 0 Å². The molecule has 0 atom stereocenters. The normalized spacial score (nSPS) is 10.4. The monoisotopic (exact) mass is 320 g/mol. The number of pyridine rings is 2. The molecule has 2 aromatic heterocycles. The van der Waals surface area contributed by atoms with Crippen LogP contribution in [0.3, 0.4) is 0 Å². The van der Waals surface area contributed by atoms with Crippen LogP contribution in [0, 0.1) is 13.8 Å². The number of nitrogens with zero attached hydrogens (tertiary/aromatic N) is 2. The second-order valence-electron chi connectivity index (χ2n) is 5.43. The predicted molar refractivity (Wildman–Crippen MR) is 93.1 cm³/mol. The smallest absolute Gasteiger partial charge is 0.255 e. The first-order valence-corrected chi connectivity index (χ1v) is 7.42. The molecule has 2 N–H and O–H groups in total. The predicted octanol–water partition coefficient (Wildman–Crippen LogP) is 3.07. The van der Waals surface area contributed by atoms with Gasteiger partial charge in [-0.05, 0) is 44.2 Å². The van der Waals surface area contributed by atoms with Gasteiger partial charge in [0.05, 0.1) is 28.8 Å². The maximum atomic E-state index is 12.5. The van der Waals surface area contributed by atoms with Crippen molar-refractivity contribution in [1.82, 2.24) is 9.97 Å².